The number of halogens is 1. The van der Waals surface area contributed by atoms with Crippen LogP contribution in [0.3, 0.4) is 0 Å². The molecule has 2 aromatic rings. The number of ether oxygens (including phenoxy) is 1. The molecule has 1 aromatic heterocycles. The number of hydrogen-bond acceptors (Lipinski definition) is 4. The molecule has 5 nitrogen and oxygen atoms in total. The van der Waals surface area contributed by atoms with Gasteiger partial charge in [0.2, 0.25) is 5.91 Å². The smallest absolute Gasteiger partial charge is 0.264 e. The fraction of sp³-hybridized carbons (Fsp3) is 0.263. The predicted molar refractivity (Wildman–Crippen MR) is 98.8 cm³/mol. The van der Waals surface area contributed by atoms with Gasteiger partial charge < -0.3 is 14.5 Å². The van der Waals surface area contributed by atoms with Crippen molar-refractivity contribution in [3.8, 4) is 5.75 Å². The Morgan fingerprint density at radius 2 is 1.88 bits per heavy atom. The van der Waals surface area contributed by atoms with Crippen molar-refractivity contribution in [3.05, 3.63) is 58.0 Å². The van der Waals surface area contributed by atoms with Gasteiger partial charge in [-0.1, -0.05) is 12.1 Å². The molecular formula is C19H19FN2O3S. The summed E-state index contributed by atoms with van der Waals surface area (Å²) in [5.41, 5.74) is 0.586. The molecule has 1 aliphatic rings. The fourth-order valence-electron chi connectivity index (χ4n) is 2.75. The van der Waals surface area contributed by atoms with Crippen LogP contribution in [-0.4, -0.2) is 54.9 Å². The van der Waals surface area contributed by atoms with E-state index in [0.29, 0.717) is 36.6 Å². The van der Waals surface area contributed by atoms with Crippen molar-refractivity contribution in [2.45, 2.75) is 0 Å². The third-order valence-electron chi connectivity index (χ3n) is 4.20. The lowest BCUT2D eigenvalue weighted by Gasteiger charge is -2.34. The maximum atomic E-state index is 13.7. The number of hydrogen-bond donors (Lipinski definition) is 0. The molecule has 136 valence electrons. The third-order valence-corrected chi connectivity index (χ3v) is 5.06. The molecule has 0 saturated carbocycles. The molecule has 3 rings (SSSR count). The van der Waals surface area contributed by atoms with E-state index in [1.807, 2.05) is 11.4 Å². The summed E-state index contributed by atoms with van der Waals surface area (Å²) in [4.78, 5) is 28.8. The average molecular weight is 374 g/mol. The van der Waals surface area contributed by atoms with E-state index < -0.39 is 5.82 Å². The molecule has 0 radical (unpaired) electrons. The van der Waals surface area contributed by atoms with E-state index in [-0.39, 0.29) is 17.6 Å². The highest BCUT2D eigenvalue weighted by Crippen LogP contribution is 2.19. The summed E-state index contributed by atoms with van der Waals surface area (Å²) in [5, 5.41) is 1.87. The first-order chi connectivity index (χ1) is 12.6. The monoisotopic (exact) mass is 374 g/mol. The molecule has 2 heterocycles. The van der Waals surface area contributed by atoms with Crippen LogP contribution in [0.5, 0.6) is 5.75 Å². The van der Waals surface area contributed by atoms with Crippen molar-refractivity contribution in [2.24, 2.45) is 0 Å². The second-order valence-electron chi connectivity index (χ2n) is 5.82. The Hall–Kier alpha value is -2.67. The highest BCUT2D eigenvalue weighted by molar-refractivity contribution is 7.12. The van der Waals surface area contributed by atoms with Gasteiger partial charge in [0.15, 0.2) is 11.6 Å². The van der Waals surface area contributed by atoms with Gasteiger partial charge in [-0.25, -0.2) is 4.39 Å². The Kier molecular flexibility index (Phi) is 5.68. The number of carbonyl (C=O) groups is 2. The van der Waals surface area contributed by atoms with Gasteiger partial charge in [0.05, 0.1) is 12.0 Å². The van der Waals surface area contributed by atoms with Gasteiger partial charge in [0.1, 0.15) is 0 Å². The third kappa shape index (κ3) is 4.11. The van der Waals surface area contributed by atoms with Crippen molar-refractivity contribution < 1.29 is 18.7 Å². The van der Waals surface area contributed by atoms with Crippen LogP contribution < -0.4 is 4.74 Å². The van der Waals surface area contributed by atoms with E-state index in [0.717, 1.165) is 0 Å². The van der Waals surface area contributed by atoms with Gasteiger partial charge in [-0.05, 0) is 35.2 Å². The molecular weight excluding hydrogens is 355 g/mol. The van der Waals surface area contributed by atoms with Crippen molar-refractivity contribution >= 4 is 29.2 Å². The standard InChI is InChI=1S/C19H19FN2O3S/c1-25-16-6-4-14(13-15(16)20)5-7-18(23)21-8-10-22(11-9-21)19(24)17-3-2-12-26-17/h2-7,12-13H,8-11H2,1H3/b7-5+. The second kappa shape index (κ2) is 8.14. The lowest BCUT2D eigenvalue weighted by Crippen LogP contribution is -2.50. The Labute approximate surface area is 155 Å². The topological polar surface area (TPSA) is 49.9 Å². The molecule has 0 unspecified atom stereocenters. The molecule has 1 fully saturated rings. The number of piperazine rings is 1. The van der Waals surface area contributed by atoms with Crippen LogP contribution in [0.2, 0.25) is 0 Å². The highest BCUT2D eigenvalue weighted by Gasteiger charge is 2.24. The predicted octanol–water partition coefficient (Wildman–Crippen LogP) is 2.89. The molecule has 0 N–H and O–H groups in total. The summed E-state index contributed by atoms with van der Waals surface area (Å²) in [7, 11) is 1.40. The van der Waals surface area contributed by atoms with Crippen LogP contribution in [0.4, 0.5) is 4.39 Å². The van der Waals surface area contributed by atoms with Crippen molar-refractivity contribution in [1.82, 2.24) is 9.80 Å². The first-order valence-corrected chi connectivity index (χ1v) is 9.10. The van der Waals surface area contributed by atoms with E-state index in [4.69, 9.17) is 4.74 Å². The van der Waals surface area contributed by atoms with E-state index in [1.165, 1.54) is 36.7 Å². The molecule has 0 aliphatic carbocycles. The summed E-state index contributed by atoms with van der Waals surface area (Å²) in [5.74, 6) is -0.441. The lowest BCUT2D eigenvalue weighted by atomic mass is 10.2. The van der Waals surface area contributed by atoms with Gasteiger partial charge >= 0.3 is 0 Å². The van der Waals surface area contributed by atoms with Crippen molar-refractivity contribution in [3.63, 3.8) is 0 Å². The molecule has 1 aliphatic heterocycles. The molecule has 26 heavy (non-hydrogen) atoms. The molecule has 0 bridgehead atoms. The number of thiophene rings is 1. The van der Waals surface area contributed by atoms with Crippen LogP contribution in [0.1, 0.15) is 15.2 Å². The largest absolute Gasteiger partial charge is 0.494 e. The molecule has 0 atom stereocenters. The first-order valence-electron chi connectivity index (χ1n) is 8.22. The number of benzene rings is 1. The van der Waals surface area contributed by atoms with Crippen LogP contribution in [0, 0.1) is 5.82 Å². The first kappa shape index (κ1) is 18.1. The Morgan fingerprint density at radius 3 is 2.50 bits per heavy atom. The summed E-state index contributed by atoms with van der Waals surface area (Å²) < 4.78 is 18.5. The molecule has 0 spiro atoms. The number of rotatable bonds is 4. The minimum absolute atomic E-state index is 0.0105. The highest BCUT2D eigenvalue weighted by atomic mass is 32.1. The SMILES string of the molecule is COc1ccc(/C=C/C(=O)N2CCN(C(=O)c3cccs3)CC2)cc1F. The Bertz CT molecular complexity index is 812. The quantitative estimate of drug-likeness (QED) is 0.774. The molecule has 7 heteroatoms. The number of methoxy groups -OCH3 is 1. The zero-order valence-corrected chi connectivity index (χ0v) is 15.2. The summed E-state index contributed by atoms with van der Waals surface area (Å²) >= 11 is 1.42. The van der Waals surface area contributed by atoms with Gasteiger partial charge in [-0.15, -0.1) is 11.3 Å². The van der Waals surface area contributed by atoms with Crippen LogP contribution in [0.15, 0.2) is 41.8 Å². The van der Waals surface area contributed by atoms with Crippen molar-refractivity contribution in [2.75, 3.05) is 33.3 Å². The van der Waals surface area contributed by atoms with E-state index >= 15 is 0 Å². The summed E-state index contributed by atoms with van der Waals surface area (Å²) in [6, 6.07) is 8.18. The van der Waals surface area contributed by atoms with E-state index in [9.17, 15) is 14.0 Å². The van der Waals surface area contributed by atoms with Crippen LogP contribution >= 0.6 is 11.3 Å². The summed E-state index contributed by atoms with van der Waals surface area (Å²) in [6.07, 6.45) is 3.01. The van der Waals surface area contributed by atoms with Gasteiger partial charge in [0, 0.05) is 32.3 Å². The summed E-state index contributed by atoms with van der Waals surface area (Å²) in [6.45, 7) is 1.98. The molecule has 2 amide bonds. The maximum absolute atomic E-state index is 13.7. The molecule has 1 aromatic carbocycles. The number of nitrogens with zero attached hydrogens (tertiary/aromatic N) is 2. The minimum Gasteiger partial charge on any atom is -0.494 e. The minimum atomic E-state index is -0.470. The van der Waals surface area contributed by atoms with Crippen molar-refractivity contribution in [1.29, 1.82) is 0 Å². The fourth-order valence-corrected chi connectivity index (χ4v) is 3.44. The normalized spacial score (nSPS) is 14.7. The second-order valence-corrected chi connectivity index (χ2v) is 6.77. The lowest BCUT2D eigenvalue weighted by molar-refractivity contribution is -0.127. The van der Waals surface area contributed by atoms with Crippen LogP contribution in [0.25, 0.3) is 6.08 Å². The Morgan fingerprint density at radius 1 is 1.15 bits per heavy atom. The zero-order chi connectivity index (χ0) is 18.5. The number of amides is 2. The zero-order valence-electron chi connectivity index (χ0n) is 14.4. The van der Waals surface area contributed by atoms with Gasteiger partial charge in [-0.3, -0.25) is 9.59 Å². The van der Waals surface area contributed by atoms with E-state index in [1.54, 1.807) is 28.0 Å². The Balaban J connectivity index is 1.55. The van der Waals surface area contributed by atoms with E-state index in [2.05, 4.69) is 0 Å². The van der Waals surface area contributed by atoms with Gasteiger partial charge in [0.25, 0.3) is 5.91 Å². The number of carbonyl (C=O) groups excluding carboxylic acids is 2. The average Bonchev–Trinajstić information content (AvgIpc) is 3.20. The maximum Gasteiger partial charge on any atom is 0.264 e. The van der Waals surface area contributed by atoms with Gasteiger partial charge in [-0.2, -0.15) is 0 Å². The van der Waals surface area contributed by atoms with Crippen LogP contribution in [-0.2, 0) is 4.79 Å². The molecule has 1 saturated heterocycles.